The van der Waals surface area contributed by atoms with E-state index in [4.69, 9.17) is 5.11 Å². The van der Waals surface area contributed by atoms with Gasteiger partial charge in [-0.25, -0.2) is 16.8 Å². The van der Waals surface area contributed by atoms with Crippen molar-refractivity contribution in [2.24, 2.45) is 0 Å². The van der Waals surface area contributed by atoms with E-state index in [9.17, 15) is 16.8 Å². The average Bonchev–Trinajstić information content (AvgIpc) is 2.66. The first-order chi connectivity index (χ1) is 8.59. The van der Waals surface area contributed by atoms with Gasteiger partial charge in [0.25, 0.3) is 0 Å². The first-order valence-corrected chi connectivity index (χ1v) is 9.79. The summed E-state index contributed by atoms with van der Waals surface area (Å²) in [6, 6.07) is 0. The normalized spacial score (nSPS) is 13.1. The van der Waals surface area contributed by atoms with E-state index in [1.54, 1.807) is 12.3 Å². The van der Waals surface area contributed by atoms with Gasteiger partial charge in [-0.2, -0.15) is 4.31 Å². The van der Waals surface area contributed by atoms with Crippen molar-refractivity contribution >= 4 is 31.2 Å². The monoisotopic (exact) mass is 327 g/mol. The molecule has 0 amide bonds. The summed E-state index contributed by atoms with van der Waals surface area (Å²) in [4.78, 5) is 0.444. The van der Waals surface area contributed by atoms with Crippen molar-refractivity contribution in [3.8, 4) is 0 Å². The van der Waals surface area contributed by atoms with Gasteiger partial charge in [0.15, 0.2) is 0 Å². The van der Waals surface area contributed by atoms with Crippen molar-refractivity contribution in [2.45, 2.75) is 18.4 Å². The van der Waals surface area contributed by atoms with E-state index < -0.39 is 19.9 Å². The van der Waals surface area contributed by atoms with Crippen LogP contribution < -0.4 is 0 Å². The Morgan fingerprint density at radius 3 is 2.37 bits per heavy atom. The lowest BCUT2D eigenvalue weighted by molar-refractivity contribution is 0.282. The molecule has 0 spiro atoms. The summed E-state index contributed by atoms with van der Waals surface area (Å²) in [5.41, 5.74) is 0.556. The molecule has 110 valence electrons. The predicted octanol–water partition coefficient (Wildman–Crippen LogP) is 0.214. The van der Waals surface area contributed by atoms with E-state index in [0.29, 0.717) is 10.4 Å². The topological polar surface area (TPSA) is 91.8 Å². The second-order valence-electron chi connectivity index (χ2n) is 4.29. The lowest BCUT2D eigenvalue weighted by Gasteiger charge is -2.17. The highest BCUT2D eigenvalue weighted by molar-refractivity contribution is 7.91. The number of aliphatic hydroxyl groups is 1. The molecule has 0 saturated heterocycles. The number of rotatable bonds is 6. The predicted molar refractivity (Wildman–Crippen MR) is 74.5 cm³/mol. The fraction of sp³-hybridized carbons (Fsp3) is 0.600. The Morgan fingerprint density at radius 2 is 1.89 bits per heavy atom. The summed E-state index contributed by atoms with van der Waals surface area (Å²) in [6.45, 7) is 1.18. The SMILES string of the molecule is Cc1csc(CO)c1S(=O)(=O)N(C)CCS(C)(=O)=O. The van der Waals surface area contributed by atoms with E-state index in [-0.39, 0.29) is 23.8 Å². The first-order valence-electron chi connectivity index (χ1n) is 5.41. The number of hydrogen-bond donors (Lipinski definition) is 1. The van der Waals surface area contributed by atoms with E-state index in [2.05, 4.69) is 0 Å². The van der Waals surface area contributed by atoms with Crippen LogP contribution in [-0.2, 0) is 26.5 Å². The second-order valence-corrected chi connectivity index (χ2v) is 9.49. The molecule has 0 aliphatic rings. The number of thiophene rings is 1. The molecule has 19 heavy (non-hydrogen) atoms. The molecule has 0 radical (unpaired) electrons. The van der Waals surface area contributed by atoms with Gasteiger partial charge in [0, 0.05) is 19.8 Å². The van der Waals surface area contributed by atoms with Gasteiger partial charge >= 0.3 is 0 Å². The van der Waals surface area contributed by atoms with Crippen LogP contribution in [0.25, 0.3) is 0 Å². The maximum atomic E-state index is 12.3. The summed E-state index contributed by atoms with van der Waals surface area (Å²) >= 11 is 1.17. The summed E-state index contributed by atoms with van der Waals surface area (Å²) in [5.74, 6) is -0.236. The summed E-state index contributed by atoms with van der Waals surface area (Å²) < 4.78 is 47.8. The lowest BCUT2D eigenvalue weighted by Crippen LogP contribution is -2.32. The minimum Gasteiger partial charge on any atom is -0.391 e. The third-order valence-corrected chi connectivity index (χ3v) is 6.81. The molecule has 1 N–H and O–H groups in total. The van der Waals surface area contributed by atoms with E-state index in [0.717, 1.165) is 10.6 Å². The number of hydrogen-bond acceptors (Lipinski definition) is 6. The number of sulfone groups is 1. The molecule has 1 rings (SSSR count). The van der Waals surface area contributed by atoms with Crippen LogP contribution in [0.5, 0.6) is 0 Å². The number of aryl methyl sites for hydroxylation is 1. The molecule has 9 heteroatoms. The molecular formula is C10H17NO5S3. The Hall–Kier alpha value is -0.480. The zero-order chi connectivity index (χ0) is 14.8. The molecular weight excluding hydrogens is 310 g/mol. The zero-order valence-electron chi connectivity index (χ0n) is 11.0. The standard InChI is InChI=1S/C10H17NO5S3/c1-8-7-17-9(6-12)10(8)19(15,16)11(2)4-5-18(3,13)14/h7,12H,4-6H2,1-3H3. The van der Waals surface area contributed by atoms with Crippen molar-refractivity contribution in [3.63, 3.8) is 0 Å². The third kappa shape index (κ3) is 3.99. The minimum absolute atomic E-state index is 0.0796. The van der Waals surface area contributed by atoms with Crippen LogP contribution in [0.15, 0.2) is 10.3 Å². The van der Waals surface area contributed by atoms with Gasteiger partial charge in [-0.3, -0.25) is 0 Å². The van der Waals surface area contributed by atoms with Crippen molar-refractivity contribution in [3.05, 3.63) is 15.8 Å². The van der Waals surface area contributed by atoms with Crippen molar-refractivity contribution in [2.75, 3.05) is 25.6 Å². The van der Waals surface area contributed by atoms with Gasteiger partial charge in [-0.1, -0.05) is 0 Å². The van der Waals surface area contributed by atoms with Gasteiger partial charge in [-0.15, -0.1) is 11.3 Å². The molecule has 6 nitrogen and oxygen atoms in total. The molecule has 0 aromatic carbocycles. The van der Waals surface area contributed by atoms with Crippen LogP contribution >= 0.6 is 11.3 Å². The number of nitrogens with zero attached hydrogens (tertiary/aromatic N) is 1. The van der Waals surface area contributed by atoms with Gasteiger partial charge < -0.3 is 5.11 Å². The first kappa shape index (κ1) is 16.6. The van der Waals surface area contributed by atoms with Crippen LogP contribution in [0.2, 0.25) is 0 Å². The lowest BCUT2D eigenvalue weighted by atomic mass is 10.3. The molecule has 0 saturated carbocycles. The van der Waals surface area contributed by atoms with Crippen molar-refractivity contribution in [1.82, 2.24) is 4.31 Å². The largest absolute Gasteiger partial charge is 0.391 e. The highest BCUT2D eigenvalue weighted by Gasteiger charge is 2.27. The molecule has 1 aromatic heterocycles. The fourth-order valence-electron chi connectivity index (χ4n) is 1.51. The summed E-state index contributed by atoms with van der Waals surface area (Å²) in [5, 5.41) is 10.8. The van der Waals surface area contributed by atoms with Gasteiger partial charge in [0.05, 0.1) is 17.2 Å². The van der Waals surface area contributed by atoms with Crippen molar-refractivity contribution in [1.29, 1.82) is 0 Å². The average molecular weight is 327 g/mol. The fourth-order valence-corrected chi connectivity index (χ4v) is 5.01. The van der Waals surface area contributed by atoms with Crippen LogP contribution in [0, 0.1) is 6.92 Å². The highest BCUT2D eigenvalue weighted by Crippen LogP contribution is 2.28. The molecule has 1 heterocycles. The molecule has 0 aliphatic heterocycles. The summed E-state index contributed by atoms with van der Waals surface area (Å²) in [7, 11) is -5.67. The van der Waals surface area contributed by atoms with Crippen LogP contribution in [0.4, 0.5) is 0 Å². The molecule has 0 bridgehead atoms. The molecule has 0 aliphatic carbocycles. The quantitative estimate of drug-likeness (QED) is 0.806. The Bertz CT molecular complexity index is 645. The van der Waals surface area contributed by atoms with Gasteiger partial charge in [0.1, 0.15) is 14.7 Å². The maximum absolute atomic E-state index is 12.3. The number of aliphatic hydroxyl groups excluding tert-OH is 1. The van der Waals surface area contributed by atoms with Gasteiger partial charge in [0.2, 0.25) is 10.0 Å². The van der Waals surface area contributed by atoms with Crippen molar-refractivity contribution < 1.29 is 21.9 Å². The van der Waals surface area contributed by atoms with Crippen LogP contribution in [0.1, 0.15) is 10.4 Å². The summed E-state index contributed by atoms with van der Waals surface area (Å²) in [6.07, 6.45) is 1.06. The smallest absolute Gasteiger partial charge is 0.244 e. The highest BCUT2D eigenvalue weighted by atomic mass is 32.2. The Balaban J connectivity index is 3.07. The Morgan fingerprint density at radius 1 is 1.32 bits per heavy atom. The Kier molecular flexibility index (Phi) is 5.13. The molecule has 0 atom stereocenters. The maximum Gasteiger partial charge on any atom is 0.244 e. The zero-order valence-corrected chi connectivity index (χ0v) is 13.4. The van der Waals surface area contributed by atoms with Crippen LogP contribution in [-0.4, -0.2) is 51.8 Å². The molecule has 1 aromatic rings. The Labute approximate surface area is 117 Å². The minimum atomic E-state index is -3.77. The molecule has 0 fully saturated rings. The van der Waals surface area contributed by atoms with Gasteiger partial charge in [-0.05, 0) is 17.9 Å². The molecule has 0 unspecified atom stereocenters. The van der Waals surface area contributed by atoms with E-state index in [1.807, 2.05) is 0 Å². The second kappa shape index (κ2) is 5.88. The van der Waals surface area contributed by atoms with E-state index >= 15 is 0 Å². The number of sulfonamides is 1. The van der Waals surface area contributed by atoms with Crippen LogP contribution in [0.3, 0.4) is 0 Å². The third-order valence-electron chi connectivity index (χ3n) is 2.58. The van der Waals surface area contributed by atoms with E-state index in [1.165, 1.54) is 18.4 Å².